The van der Waals surface area contributed by atoms with Crippen LogP contribution < -0.4 is 15.4 Å². The Bertz CT molecular complexity index is 894. The summed E-state index contributed by atoms with van der Waals surface area (Å²) in [4.78, 5) is 14.3. The summed E-state index contributed by atoms with van der Waals surface area (Å²) in [6.07, 6.45) is 0. The van der Waals surface area contributed by atoms with Gasteiger partial charge in [-0.05, 0) is 71.0 Å². The van der Waals surface area contributed by atoms with Crippen LogP contribution in [0.5, 0.6) is 5.75 Å². The predicted molar refractivity (Wildman–Crippen MR) is 111 cm³/mol. The first kappa shape index (κ1) is 19.2. The van der Waals surface area contributed by atoms with Gasteiger partial charge in [-0.1, -0.05) is 18.2 Å². The number of hydrogen-bond donors (Lipinski definition) is 2. The summed E-state index contributed by atoms with van der Waals surface area (Å²) < 4.78 is 5.25. The van der Waals surface area contributed by atoms with E-state index in [0.29, 0.717) is 13.1 Å². The maximum Gasteiger partial charge on any atom is 0.315 e. The van der Waals surface area contributed by atoms with Gasteiger partial charge in [0.15, 0.2) is 0 Å². The highest BCUT2D eigenvalue weighted by Crippen LogP contribution is 2.22. The third kappa shape index (κ3) is 4.99. The number of likely N-dealkylation sites (N-methyl/N-ethyl adjacent to an activating group) is 1. The second-order valence-electron chi connectivity index (χ2n) is 6.65. The van der Waals surface area contributed by atoms with Crippen molar-refractivity contribution in [1.82, 2.24) is 15.5 Å². The Hall–Kier alpha value is -2.57. The Kier molecular flexibility index (Phi) is 6.32. The molecule has 0 radical (unpaired) electrons. The average molecular weight is 384 g/mol. The number of benzene rings is 2. The summed E-state index contributed by atoms with van der Waals surface area (Å²) in [6, 6.07) is 14.2. The molecule has 1 heterocycles. The van der Waals surface area contributed by atoms with E-state index in [0.717, 1.165) is 22.1 Å². The topological polar surface area (TPSA) is 53.6 Å². The van der Waals surface area contributed by atoms with Crippen LogP contribution in [0.25, 0.3) is 10.8 Å². The van der Waals surface area contributed by atoms with Crippen molar-refractivity contribution in [3.63, 3.8) is 0 Å². The molecule has 5 nitrogen and oxygen atoms in total. The standard InChI is InChI=1S/C21H25N3O2S/c1-24(2)20(18-8-9-27-14-18)13-23-21(25)22-12-15-4-5-17-11-19(26-3)7-6-16(17)10-15/h4-11,14,20H,12-13H2,1-3H3,(H2,22,23,25)/t20-/m0/s1. The third-order valence-electron chi connectivity index (χ3n) is 4.57. The first-order chi connectivity index (χ1) is 13.1. The van der Waals surface area contributed by atoms with E-state index in [9.17, 15) is 4.79 Å². The van der Waals surface area contributed by atoms with Crippen molar-refractivity contribution < 1.29 is 9.53 Å². The Labute approximate surface area is 163 Å². The fourth-order valence-electron chi connectivity index (χ4n) is 3.01. The first-order valence-corrected chi connectivity index (χ1v) is 9.78. The van der Waals surface area contributed by atoms with Crippen LogP contribution in [0.4, 0.5) is 4.79 Å². The Balaban J connectivity index is 1.55. The minimum atomic E-state index is -0.160. The van der Waals surface area contributed by atoms with Gasteiger partial charge in [-0.15, -0.1) is 0 Å². The summed E-state index contributed by atoms with van der Waals surface area (Å²) in [7, 11) is 5.70. The Morgan fingerprint density at radius 3 is 2.59 bits per heavy atom. The number of carbonyl (C=O) groups is 1. The van der Waals surface area contributed by atoms with Crippen molar-refractivity contribution in [3.05, 3.63) is 64.4 Å². The van der Waals surface area contributed by atoms with Crippen molar-refractivity contribution in [3.8, 4) is 5.75 Å². The zero-order valence-corrected chi connectivity index (χ0v) is 16.7. The molecule has 0 fully saturated rings. The zero-order chi connectivity index (χ0) is 19.2. The van der Waals surface area contributed by atoms with E-state index in [4.69, 9.17) is 4.74 Å². The molecule has 6 heteroatoms. The van der Waals surface area contributed by atoms with Gasteiger partial charge in [0.1, 0.15) is 5.75 Å². The van der Waals surface area contributed by atoms with Crippen molar-refractivity contribution in [2.75, 3.05) is 27.7 Å². The van der Waals surface area contributed by atoms with E-state index in [2.05, 4.69) is 38.4 Å². The molecular formula is C21H25N3O2S. The van der Waals surface area contributed by atoms with Crippen LogP contribution in [0.2, 0.25) is 0 Å². The second-order valence-corrected chi connectivity index (χ2v) is 7.43. The summed E-state index contributed by atoms with van der Waals surface area (Å²) in [5, 5.41) is 12.3. The Morgan fingerprint density at radius 2 is 1.89 bits per heavy atom. The summed E-state index contributed by atoms with van der Waals surface area (Å²) >= 11 is 1.67. The van der Waals surface area contributed by atoms with Gasteiger partial charge in [0.2, 0.25) is 0 Å². The van der Waals surface area contributed by atoms with Crippen LogP contribution in [0.15, 0.2) is 53.2 Å². The molecule has 0 saturated carbocycles. The normalized spacial score (nSPS) is 12.1. The fourth-order valence-corrected chi connectivity index (χ4v) is 3.71. The molecular weight excluding hydrogens is 358 g/mol. The molecule has 0 bridgehead atoms. The van der Waals surface area contributed by atoms with Crippen LogP contribution in [-0.4, -0.2) is 38.7 Å². The first-order valence-electron chi connectivity index (χ1n) is 8.83. The summed E-state index contributed by atoms with van der Waals surface area (Å²) in [5.41, 5.74) is 2.28. The number of urea groups is 1. The number of hydrogen-bond acceptors (Lipinski definition) is 4. The molecule has 1 aromatic heterocycles. The SMILES string of the molecule is COc1ccc2cc(CNC(=O)NC[C@@H](c3ccsc3)N(C)C)ccc2c1. The van der Waals surface area contributed by atoms with E-state index in [1.807, 2.05) is 44.4 Å². The van der Waals surface area contributed by atoms with Crippen molar-refractivity contribution in [2.24, 2.45) is 0 Å². The minimum absolute atomic E-state index is 0.160. The number of ether oxygens (including phenoxy) is 1. The lowest BCUT2D eigenvalue weighted by Crippen LogP contribution is -2.40. The molecule has 2 aromatic carbocycles. The molecule has 2 N–H and O–H groups in total. The fraction of sp³-hybridized carbons (Fsp3) is 0.286. The predicted octanol–water partition coefficient (Wildman–Crippen LogP) is 4.01. The molecule has 0 spiro atoms. The molecule has 0 saturated heterocycles. The summed E-state index contributed by atoms with van der Waals surface area (Å²) in [5.74, 6) is 0.842. The van der Waals surface area contributed by atoms with Gasteiger partial charge in [-0.3, -0.25) is 0 Å². The molecule has 0 unspecified atom stereocenters. The van der Waals surface area contributed by atoms with Crippen LogP contribution in [0.1, 0.15) is 17.2 Å². The van der Waals surface area contributed by atoms with E-state index in [1.54, 1.807) is 18.4 Å². The lowest BCUT2D eigenvalue weighted by molar-refractivity contribution is 0.232. The highest BCUT2D eigenvalue weighted by atomic mass is 32.1. The van der Waals surface area contributed by atoms with E-state index in [1.165, 1.54) is 5.56 Å². The molecule has 2 amide bonds. The van der Waals surface area contributed by atoms with Crippen LogP contribution in [-0.2, 0) is 6.54 Å². The number of methoxy groups -OCH3 is 1. The molecule has 0 aliphatic heterocycles. The van der Waals surface area contributed by atoms with Gasteiger partial charge in [0, 0.05) is 13.1 Å². The number of fused-ring (bicyclic) bond motifs is 1. The summed E-state index contributed by atoms with van der Waals surface area (Å²) in [6.45, 7) is 1.05. The highest BCUT2D eigenvalue weighted by Gasteiger charge is 2.15. The number of carbonyl (C=O) groups excluding carboxylic acids is 1. The van der Waals surface area contributed by atoms with Crippen LogP contribution in [0.3, 0.4) is 0 Å². The van der Waals surface area contributed by atoms with E-state index < -0.39 is 0 Å². The van der Waals surface area contributed by atoms with Gasteiger partial charge in [0.25, 0.3) is 0 Å². The quantitative estimate of drug-likeness (QED) is 0.648. The maximum absolute atomic E-state index is 12.2. The Morgan fingerprint density at radius 1 is 1.11 bits per heavy atom. The zero-order valence-electron chi connectivity index (χ0n) is 15.9. The maximum atomic E-state index is 12.2. The second kappa shape index (κ2) is 8.88. The molecule has 3 aromatic rings. The van der Waals surface area contributed by atoms with E-state index in [-0.39, 0.29) is 12.1 Å². The lowest BCUT2D eigenvalue weighted by atomic mass is 10.1. The molecule has 0 aliphatic rings. The number of rotatable bonds is 7. The number of nitrogens with zero attached hydrogens (tertiary/aromatic N) is 1. The van der Waals surface area contributed by atoms with Gasteiger partial charge in [-0.2, -0.15) is 11.3 Å². The van der Waals surface area contributed by atoms with Crippen LogP contribution >= 0.6 is 11.3 Å². The lowest BCUT2D eigenvalue weighted by Gasteiger charge is -2.24. The smallest absolute Gasteiger partial charge is 0.315 e. The highest BCUT2D eigenvalue weighted by molar-refractivity contribution is 7.07. The van der Waals surface area contributed by atoms with Crippen molar-refractivity contribution in [2.45, 2.75) is 12.6 Å². The van der Waals surface area contributed by atoms with Gasteiger partial charge >= 0.3 is 6.03 Å². The molecule has 142 valence electrons. The van der Waals surface area contributed by atoms with Crippen molar-refractivity contribution in [1.29, 1.82) is 0 Å². The minimum Gasteiger partial charge on any atom is -0.497 e. The number of amides is 2. The molecule has 1 atom stereocenters. The number of thiophene rings is 1. The van der Waals surface area contributed by atoms with Gasteiger partial charge < -0.3 is 20.3 Å². The number of nitrogens with one attached hydrogen (secondary N) is 2. The van der Waals surface area contributed by atoms with E-state index >= 15 is 0 Å². The third-order valence-corrected chi connectivity index (χ3v) is 5.27. The monoisotopic (exact) mass is 383 g/mol. The van der Waals surface area contributed by atoms with Gasteiger partial charge in [0.05, 0.1) is 13.2 Å². The molecule has 0 aliphatic carbocycles. The molecule has 3 rings (SSSR count). The average Bonchev–Trinajstić information content (AvgIpc) is 3.20. The van der Waals surface area contributed by atoms with Crippen LogP contribution in [0, 0.1) is 0 Å². The molecule has 27 heavy (non-hydrogen) atoms. The van der Waals surface area contributed by atoms with Crippen molar-refractivity contribution >= 4 is 28.1 Å². The largest absolute Gasteiger partial charge is 0.497 e. The van der Waals surface area contributed by atoms with Gasteiger partial charge in [-0.25, -0.2) is 4.79 Å².